The number of ether oxygens (including phenoxy) is 2. The van der Waals surface area contributed by atoms with Gasteiger partial charge in [-0.3, -0.25) is 0 Å². The number of rotatable bonds is 8. The molecule has 0 aliphatic rings. The van der Waals surface area contributed by atoms with Crippen molar-refractivity contribution in [1.82, 2.24) is 10.6 Å². The Kier molecular flexibility index (Phi) is 8.21. The van der Waals surface area contributed by atoms with Gasteiger partial charge in [0.05, 0.1) is 13.2 Å². The first-order chi connectivity index (χ1) is 10.6. The molecule has 1 unspecified atom stereocenters. The van der Waals surface area contributed by atoms with Crippen molar-refractivity contribution in [3.05, 3.63) is 29.8 Å². The molecule has 0 fully saturated rings. The van der Waals surface area contributed by atoms with Crippen molar-refractivity contribution in [1.29, 1.82) is 0 Å². The molecule has 0 aliphatic heterocycles. The molecule has 124 valence electrons. The summed E-state index contributed by atoms with van der Waals surface area (Å²) in [7, 11) is 1.64. The van der Waals surface area contributed by atoms with Gasteiger partial charge in [0.1, 0.15) is 12.4 Å². The number of hydrogen-bond donors (Lipinski definition) is 2. The van der Waals surface area contributed by atoms with Crippen LogP contribution in [-0.4, -0.2) is 45.4 Å². The lowest BCUT2D eigenvalue weighted by Gasteiger charge is -2.17. The highest BCUT2D eigenvalue weighted by Gasteiger charge is 2.05. The van der Waals surface area contributed by atoms with Crippen LogP contribution < -0.4 is 15.4 Å². The molecule has 1 aromatic rings. The van der Waals surface area contributed by atoms with Gasteiger partial charge >= 0.3 is 0 Å². The molecule has 0 heterocycles. The molecule has 5 nitrogen and oxygen atoms in total. The van der Waals surface area contributed by atoms with E-state index in [2.05, 4.69) is 15.6 Å². The lowest BCUT2D eigenvalue weighted by atomic mass is 10.3. The normalized spacial score (nSPS) is 12.9. The summed E-state index contributed by atoms with van der Waals surface area (Å²) in [5.74, 6) is -0.888. The molecule has 0 bridgehead atoms. The maximum absolute atomic E-state index is 13.0. The van der Waals surface area contributed by atoms with E-state index in [-0.39, 0.29) is 18.4 Å². The van der Waals surface area contributed by atoms with Crippen LogP contribution in [0.3, 0.4) is 0 Å². The number of halogens is 2. The topological polar surface area (TPSA) is 54.9 Å². The van der Waals surface area contributed by atoms with Gasteiger partial charge in [-0.2, -0.15) is 0 Å². The molecule has 0 saturated heterocycles. The second kappa shape index (κ2) is 9.94. The first-order valence-corrected chi connectivity index (χ1v) is 7.18. The van der Waals surface area contributed by atoms with Crippen LogP contribution in [0.15, 0.2) is 23.2 Å². The van der Waals surface area contributed by atoms with Crippen LogP contribution >= 0.6 is 0 Å². The Labute approximate surface area is 129 Å². The number of nitrogens with zero attached hydrogens (tertiary/aromatic N) is 1. The first kappa shape index (κ1) is 18.2. The summed E-state index contributed by atoms with van der Waals surface area (Å²) in [6.45, 7) is 5.89. The number of nitrogens with one attached hydrogen (secondary N) is 2. The van der Waals surface area contributed by atoms with Crippen molar-refractivity contribution in [3.8, 4) is 5.75 Å². The summed E-state index contributed by atoms with van der Waals surface area (Å²) >= 11 is 0. The first-order valence-electron chi connectivity index (χ1n) is 7.18. The van der Waals surface area contributed by atoms with Crippen molar-refractivity contribution in [2.24, 2.45) is 4.99 Å². The monoisotopic (exact) mass is 315 g/mol. The summed E-state index contributed by atoms with van der Waals surface area (Å²) in [4.78, 5) is 4.34. The van der Waals surface area contributed by atoms with Crippen molar-refractivity contribution < 1.29 is 18.3 Å². The number of methoxy groups -OCH3 is 1. The minimum Gasteiger partial charge on any atom is -0.492 e. The highest BCUT2D eigenvalue weighted by atomic mass is 19.2. The fraction of sp³-hybridized carbons (Fsp3) is 0.533. The molecule has 0 aromatic heterocycles. The van der Waals surface area contributed by atoms with Crippen LogP contribution in [0.25, 0.3) is 0 Å². The number of aliphatic imine (C=N–C) groups is 1. The maximum atomic E-state index is 13.0. The van der Waals surface area contributed by atoms with Gasteiger partial charge in [-0.15, -0.1) is 0 Å². The van der Waals surface area contributed by atoms with E-state index in [1.54, 1.807) is 7.11 Å². The third-order valence-corrected chi connectivity index (χ3v) is 2.67. The van der Waals surface area contributed by atoms with E-state index >= 15 is 0 Å². The SMILES string of the molecule is CCNC(=NCCOc1ccc(F)c(F)c1)NC(C)COC. The van der Waals surface area contributed by atoms with Crippen molar-refractivity contribution in [3.63, 3.8) is 0 Å². The molecule has 1 rings (SSSR count). The zero-order valence-corrected chi connectivity index (χ0v) is 13.2. The van der Waals surface area contributed by atoms with Gasteiger partial charge in [0, 0.05) is 25.8 Å². The smallest absolute Gasteiger partial charge is 0.191 e. The second-order valence-corrected chi connectivity index (χ2v) is 4.69. The summed E-state index contributed by atoms with van der Waals surface area (Å²) in [6.07, 6.45) is 0. The Morgan fingerprint density at radius 1 is 1.32 bits per heavy atom. The molecule has 1 atom stereocenters. The Balaban J connectivity index is 2.44. The van der Waals surface area contributed by atoms with Crippen LogP contribution in [0.4, 0.5) is 8.78 Å². The summed E-state index contributed by atoms with van der Waals surface area (Å²) in [5.41, 5.74) is 0. The zero-order valence-electron chi connectivity index (χ0n) is 13.2. The van der Waals surface area contributed by atoms with Gasteiger partial charge in [0.15, 0.2) is 17.6 Å². The average molecular weight is 315 g/mol. The maximum Gasteiger partial charge on any atom is 0.191 e. The van der Waals surface area contributed by atoms with E-state index in [1.165, 1.54) is 6.07 Å². The summed E-state index contributed by atoms with van der Waals surface area (Å²) in [5, 5.41) is 6.29. The third kappa shape index (κ3) is 6.71. The molecular weight excluding hydrogens is 292 g/mol. The van der Waals surface area contributed by atoms with E-state index in [1.807, 2.05) is 13.8 Å². The highest BCUT2D eigenvalue weighted by Crippen LogP contribution is 2.15. The van der Waals surface area contributed by atoms with Gasteiger partial charge in [-0.1, -0.05) is 0 Å². The Bertz CT molecular complexity index is 484. The number of hydrogen-bond acceptors (Lipinski definition) is 3. The minimum atomic E-state index is -0.926. The fourth-order valence-electron chi connectivity index (χ4n) is 1.73. The van der Waals surface area contributed by atoms with Crippen LogP contribution in [-0.2, 0) is 4.74 Å². The molecule has 22 heavy (non-hydrogen) atoms. The Morgan fingerprint density at radius 3 is 2.73 bits per heavy atom. The molecular formula is C15H23F2N3O2. The Morgan fingerprint density at radius 2 is 2.09 bits per heavy atom. The standard InChI is InChI=1S/C15H23F2N3O2/c1-4-18-15(20-11(2)10-21-3)19-7-8-22-12-5-6-13(16)14(17)9-12/h5-6,9,11H,4,7-8,10H2,1-3H3,(H2,18,19,20). The predicted molar refractivity (Wildman–Crippen MR) is 82.3 cm³/mol. The highest BCUT2D eigenvalue weighted by molar-refractivity contribution is 5.80. The van der Waals surface area contributed by atoms with E-state index < -0.39 is 11.6 Å². The lowest BCUT2D eigenvalue weighted by Crippen LogP contribution is -2.44. The average Bonchev–Trinajstić information content (AvgIpc) is 2.47. The molecule has 1 aromatic carbocycles. The van der Waals surface area contributed by atoms with E-state index in [0.29, 0.717) is 19.1 Å². The molecule has 2 N–H and O–H groups in total. The van der Waals surface area contributed by atoms with Crippen molar-refractivity contribution >= 4 is 5.96 Å². The van der Waals surface area contributed by atoms with Gasteiger partial charge < -0.3 is 20.1 Å². The molecule has 0 radical (unpaired) electrons. The van der Waals surface area contributed by atoms with Gasteiger partial charge in [-0.25, -0.2) is 13.8 Å². The van der Waals surface area contributed by atoms with Gasteiger partial charge in [0.25, 0.3) is 0 Å². The molecule has 0 spiro atoms. The van der Waals surface area contributed by atoms with Crippen molar-refractivity contribution in [2.75, 3.05) is 33.4 Å². The summed E-state index contributed by atoms with van der Waals surface area (Å²) in [6, 6.07) is 3.55. The third-order valence-electron chi connectivity index (χ3n) is 2.67. The lowest BCUT2D eigenvalue weighted by molar-refractivity contribution is 0.179. The van der Waals surface area contributed by atoms with E-state index in [4.69, 9.17) is 9.47 Å². The predicted octanol–water partition coefficient (Wildman–Crippen LogP) is 1.93. The van der Waals surface area contributed by atoms with Crippen LogP contribution in [0, 0.1) is 11.6 Å². The van der Waals surface area contributed by atoms with Crippen LogP contribution in [0.1, 0.15) is 13.8 Å². The van der Waals surface area contributed by atoms with Gasteiger partial charge in [0.2, 0.25) is 0 Å². The molecule has 0 aliphatic carbocycles. The second-order valence-electron chi connectivity index (χ2n) is 4.69. The van der Waals surface area contributed by atoms with Crippen molar-refractivity contribution in [2.45, 2.75) is 19.9 Å². The van der Waals surface area contributed by atoms with Crippen LogP contribution in [0.2, 0.25) is 0 Å². The van der Waals surface area contributed by atoms with E-state index in [9.17, 15) is 8.78 Å². The minimum absolute atomic E-state index is 0.120. The molecule has 0 saturated carbocycles. The van der Waals surface area contributed by atoms with Gasteiger partial charge in [-0.05, 0) is 26.0 Å². The molecule has 0 amide bonds. The summed E-state index contributed by atoms with van der Waals surface area (Å²) < 4.78 is 36.2. The molecule has 7 heteroatoms. The Hall–Kier alpha value is -1.89. The number of benzene rings is 1. The largest absolute Gasteiger partial charge is 0.492 e. The zero-order chi connectivity index (χ0) is 16.4. The fourth-order valence-corrected chi connectivity index (χ4v) is 1.73. The van der Waals surface area contributed by atoms with Crippen LogP contribution in [0.5, 0.6) is 5.75 Å². The van der Waals surface area contributed by atoms with E-state index in [0.717, 1.165) is 18.7 Å². The number of guanidine groups is 1. The quantitative estimate of drug-likeness (QED) is 0.437.